The summed E-state index contributed by atoms with van der Waals surface area (Å²) < 4.78 is 19.3. The molecular weight excluding hydrogens is 295 g/mol. The fourth-order valence-electron chi connectivity index (χ4n) is 3.76. The molecular formula is C18H25FN2O2. The summed E-state index contributed by atoms with van der Waals surface area (Å²) in [6.45, 7) is 3.90. The molecule has 0 aromatic heterocycles. The molecule has 3 atom stereocenters. The molecule has 23 heavy (non-hydrogen) atoms. The van der Waals surface area contributed by atoms with Gasteiger partial charge in [0.2, 0.25) is 5.91 Å². The van der Waals surface area contributed by atoms with Gasteiger partial charge < -0.3 is 15.8 Å². The van der Waals surface area contributed by atoms with Gasteiger partial charge in [-0.15, -0.1) is 0 Å². The van der Waals surface area contributed by atoms with Crippen LogP contribution >= 0.6 is 0 Å². The Hall–Kier alpha value is -1.62. The van der Waals surface area contributed by atoms with Crippen molar-refractivity contribution >= 4 is 5.91 Å². The smallest absolute Gasteiger partial charge is 0.220 e. The van der Waals surface area contributed by atoms with Crippen molar-refractivity contribution in [3.63, 3.8) is 0 Å². The van der Waals surface area contributed by atoms with Crippen LogP contribution in [0.15, 0.2) is 18.2 Å². The van der Waals surface area contributed by atoms with Crippen LogP contribution in [0.3, 0.4) is 0 Å². The molecule has 126 valence electrons. The first kappa shape index (κ1) is 16.2. The van der Waals surface area contributed by atoms with E-state index in [0.717, 1.165) is 24.8 Å². The highest BCUT2D eigenvalue weighted by Gasteiger charge is 2.35. The number of ether oxygens (including phenoxy) is 1. The molecule has 0 bridgehead atoms. The molecule has 4 nitrogen and oxygen atoms in total. The summed E-state index contributed by atoms with van der Waals surface area (Å²) in [6.07, 6.45) is 4.26. The van der Waals surface area contributed by atoms with E-state index in [1.165, 1.54) is 12.1 Å². The van der Waals surface area contributed by atoms with Crippen LogP contribution < -0.4 is 15.8 Å². The second-order valence-electron chi connectivity index (χ2n) is 7.43. The maximum Gasteiger partial charge on any atom is 0.220 e. The summed E-state index contributed by atoms with van der Waals surface area (Å²) in [5.74, 6) is 0.480. The number of rotatable bonds is 3. The Bertz CT molecular complexity index is 603. The Morgan fingerprint density at radius 1 is 1.43 bits per heavy atom. The first-order chi connectivity index (χ1) is 10.8. The van der Waals surface area contributed by atoms with Crippen LogP contribution in [-0.2, 0) is 4.79 Å². The third-order valence-corrected chi connectivity index (χ3v) is 4.93. The van der Waals surface area contributed by atoms with Gasteiger partial charge in [0, 0.05) is 30.5 Å². The summed E-state index contributed by atoms with van der Waals surface area (Å²) >= 11 is 0. The Morgan fingerprint density at radius 3 is 2.91 bits per heavy atom. The lowest BCUT2D eigenvalue weighted by Gasteiger charge is -2.38. The molecule has 1 aromatic carbocycles. The predicted molar refractivity (Wildman–Crippen MR) is 86.5 cm³/mol. The first-order valence-electron chi connectivity index (χ1n) is 8.37. The van der Waals surface area contributed by atoms with E-state index < -0.39 is 5.60 Å². The lowest BCUT2D eigenvalue weighted by Crippen LogP contribution is -2.42. The van der Waals surface area contributed by atoms with Crippen molar-refractivity contribution in [2.75, 3.05) is 0 Å². The monoisotopic (exact) mass is 320 g/mol. The zero-order valence-corrected chi connectivity index (χ0v) is 13.8. The highest BCUT2D eigenvalue weighted by molar-refractivity contribution is 5.77. The van der Waals surface area contributed by atoms with Crippen LogP contribution in [0.2, 0.25) is 0 Å². The second-order valence-corrected chi connectivity index (χ2v) is 7.43. The minimum absolute atomic E-state index is 0.0188. The van der Waals surface area contributed by atoms with Crippen LogP contribution in [0.4, 0.5) is 4.39 Å². The zero-order valence-electron chi connectivity index (χ0n) is 13.8. The normalized spacial score (nSPS) is 28.8. The molecule has 1 amide bonds. The van der Waals surface area contributed by atoms with Gasteiger partial charge in [-0.1, -0.05) is 12.5 Å². The molecule has 3 rings (SSSR count). The Kier molecular flexibility index (Phi) is 4.32. The molecule has 0 radical (unpaired) electrons. The first-order valence-corrected chi connectivity index (χ1v) is 8.37. The fourth-order valence-corrected chi connectivity index (χ4v) is 3.76. The molecule has 1 saturated carbocycles. The van der Waals surface area contributed by atoms with Crippen molar-refractivity contribution in [1.82, 2.24) is 5.32 Å². The molecule has 1 fully saturated rings. The van der Waals surface area contributed by atoms with Crippen molar-refractivity contribution in [2.24, 2.45) is 11.7 Å². The molecule has 0 saturated heterocycles. The van der Waals surface area contributed by atoms with Crippen molar-refractivity contribution in [3.8, 4) is 5.75 Å². The number of benzene rings is 1. The van der Waals surface area contributed by atoms with Gasteiger partial charge in [0.05, 0.1) is 6.04 Å². The molecule has 1 unspecified atom stereocenters. The molecule has 1 aliphatic heterocycles. The molecule has 5 heteroatoms. The van der Waals surface area contributed by atoms with Crippen LogP contribution in [0.1, 0.15) is 57.6 Å². The summed E-state index contributed by atoms with van der Waals surface area (Å²) in [6, 6.07) is 4.48. The van der Waals surface area contributed by atoms with E-state index >= 15 is 0 Å². The summed E-state index contributed by atoms with van der Waals surface area (Å²) in [7, 11) is 0. The van der Waals surface area contributed by atoms with E-state index in [2.05, 4.69) is 5.32 Å². The largest absolute Gasteiger partial charge is 0.487 e. The molecule has 1 aromatic rings. The van der Waals surface area contributed by atoms with Crippen molar-refractivity contribution < 1.29 is 13.9 Å². The summed E-state index contributed by atoms with van der Waals surface area (Å²) in [5.41, 5.74) is 6.46. The van der Waals surface area contributed by atoms with Crippen molar-refractivity contribution in [2.45, 2.75) is 63.6 Å². The van der Waals surface area contributed by atoms with Gasteiger partial charge in [-0.2, -0.15) is 0 Å². The number of amides is 1. The van der Waals surface area contributed by atoms with Crippen LogP contribution in [0, 0.1) is 11.7 Å². The number of nitrogens with one attached hydrogen (secondary N) is 1. The van der Waals surface area contributed by atoms with Gasteiger partial charge in [0.25, 0.3) is 0 Å². The van der Waals surface area contributed by atoms with Crippen molar-refractivity contribution in [1.29, 1.82) is 0 Å². The fraction of sp³-hybridized carbons (Fsp3) is 0.611. The summed E-state index contributed by atoms with van der Waals surface area (Å²) in [4.78, 5) is 12.4. The lowest BCUT2D eigenvalue weighted by molar-refractivity contribution is -0.123. The van der Waals surface area contributed by atoms with Gasteiger partial charge in [-0.05, 0) is 38.7 Å². The van der Waals surface area contributed by atoms with Gasteiger partial charge >= 0.3 is 0 Å². The Labute approximate surface area is 136 Å². The second kappa shape index (κ2) is 6.11. The van der Waals surface area contributed by atoms with Crippen LogP contribution in [0.25, 0.3) is 0 Å². The third kappa shape index (κ3) is 3.66. The van der Waals surface area contributed by atoms with E-state index in [1.54, 1.807) is 6.07 Å². The maximum absolute atomic E-state index is 13.5. The van der Waals surface area contributed by atoms with E-state index in [4.69, 9.17) is 10.5 Å². The molecule has 2 aliphatic rings. The molecule has 1 heterocycles. The van der Waals surface area contributed by atoms with Gasteiger partial charge in [0.1, 0.15) is 17.2 Å². The van der Waals surface area contributed by atoms with Crippen molar-refractivity contribution in [3.05, 3.63) is 29.6 Å². The Morgan fingerprint density at radius 2 is 2.22 bits per heavy atom. The van der Waals surface area contributed by atoms with Gasteiger partial charge in [0.15, 0.2) is 0 Å². The van der Waals surface area contributed by atoms with Crippen LogP contribution in [-0.4, -0.2) is 17.6 Å². The highest BCUT2D eigenvalue weighted by atomic mass is 19.1. The molecule has 0 spiro atoms. The van der Waals surface area contributed by atoms with Gasteiger partial charge in [-0.3, -0.25) is 4.79 Å². The third-order valence-electron chi connectivity index (χ3n) is 4.93. The maximum atomic E-state index is 13.5. The van der Waals surface area contributed by atoms with Crippen LogP contribution in [0.5, 0.6) is 5.75 Å². The highest BCUT2D eigenvalue weighted by Crippen LogP contribution is 2.40. The number of halogens is 1. The number of hydrogen-bond donors (Lipinski definition) is 2. The number of hydrogen-bond acceptors (Lipinski definition) is 3. The SMILES string of the molecule is CC1(C)CC(NC(=O)C[C@@H]2CCC[C@H]2N)c2ccc(F)cc2O1. The van der Waals surface area contributed by atoms with E-state index in [0.29, 0.717) is 18.6 Å². The number of fused-ring (bicyclic) bond motifs is 1. The number of nitrogens with two attached hydrogens (primary N) is 1. The average molecular weight is 320 g/mol. The predicted octanol–water partition coefficient (Wildman–Crippen LogP) is 3.06. The topological polar surface area (TPSA) is 64.4 Å². The summed E-state index contributed by atoms with van der Waals surface area (Å²) in [5, 5.41) is 3.10. The number of carbonyl (C=O) groups excluding carboxylic acids is 1. The molecule has 3 N–H and O–H groups in total. The minimum atomic E-state index is -0.442. The zero-order chi connectivity index (χ0) is 16.6. The minimum Gasteiger partial charge on any atom is -0.487 e. The van der Waals surface area contributed by atoms with E-state index in [9.17, 15) is 9.18 Å². The average Bonchev–Trinajstić information content (AvgIpc) is 2.82. The Balaban J connectivity index is 1.73. The standard InChI is InChI=1S/C18H25FN2O2/c1-18(2)10-15(13-7-6-12(19)9-16(13)23-18)21-17(22)8-11-4-3-5-14(11)20/h6-7,9,11,14-15H,3-5,8,10,20H2,1-2H3,(H,21,22)/t11-,14+,15?/m0/s1. The number of carbonyl (C=O) groups is 1. The molecule has 1 aliphatic carbocycles. The van der Waals surface area contributed by atoms with Gasteiger partial charge in [-0.25, -0.2) is 4.39 Å². The van der Waals surface area contributed by atoms with E-state index in [-0.39, 0.29) is 29.7 Å². The van der Waals surface area contributed by atoms with E-state index in [1.807, 2.05) is 13.8 Å². The quantitative estimate of drug-likeness (QED) is 0.899. The lowest BCUT2D eigenvalue weighted by atomic mass is 9.89.